The predicted molar refractivity (Wildman–Crippen MR) is 65.6 cm³/mol. The Labute approximate surface area is 94.9 Å². The minimum absolute atomic E-state index is 0.526. The molecule has 1 aliphatic heterocycles. The molecule has 3 heteroatoms. The Morgan fingerprint density at radius 3 is 3.19 bits per heavy atom. The Hall–Kier alpha value is -1.64. The number of anilines is 1. The summed E-state index contributed by atoms with van der Waals surface area (Å²) in [7, 11) is 0. The first-order valence-electron chi connectivity index (χ1n) is 5.87. The van der Waals surface area contributed by atoms with E-state index in [4.69, 9.17) is 0 Å². The molecule has 0 saturated heterocycles. The molecule has 0 bridgehead atoms. The molecule has 1 atom stereocenters. The molecule has 16 heavy (non-hydrogen) atoms. The molecule has 2 heterocycles. The molecular formula is C13H15N3. The van der Waals surface area contributed by atoms with Crippen molar-refractivity contribution in [3.63, 3.8) is 0 Å². The van der Waals surface area contributed by atoms with Crippen LogP contribution in [0.15, 0.2) is 24.5 Å². The van der Waals surface area contributed by atoms with Crippen LogP contribution in [-0.4, -0.2) is 16.0 Å². The molecule has 0 spiro atoms. The second-order valence-electron chi connectivity index (χ2n) is 4.35. The third-order valence-corrected chi connectivity index (χ3v) is 3.18. The van der Waals surface area contributed by atoms with Crippen molar-refractivity contribution in [2.24, 2.45) is 0 Å². The molecule has 0 fully saturated rings. The Morgan fingerprint density at radius 2 is 2.31 bits per heavy atom. The lowest BCUT2D eigenvalue weighted by molar-refractivity contribution is 0.625. The van der Waals surface area contributed by atoms with E-state index < -0.39 is 0 Å². The summed E-state index contributed by atoms with van der Waals surface area (Å²) in [6.45, 7) is 2.22. The van der Waals surface area contributed by atoms with Crippen LogP contribution in [0.2, 0.25) is 0 Å². The lowest BCUT2D eigenvalue weighted by Gasteiger charge is -2.26. The minimum Gasteiger partial charge on any atom is -0.381 e. The fourth-order valence-corrected chi connectivity index (χ4v) is 2.48. The van der Waals surface area contributed by atoms with Gasteiger partial charge < -0.3 is 5.32 Å². The van der Waals surface area contributed by atoms with Crippen LogP contribution >= 0.6 is 0 Å². The lowest BCUT2D eigenvalue weighted by atomic mass is 9.97. The molecule has 82 valence electrons. The molecule has 3 rings (SSSR count). The summed E-state index contributed by atoms with van der Waals surface area (Å²) in [5.74, 6) is 0. The summed E-state index contributed by atoms with van der Waals surface area (Å²) >= 11 is 0. The highest BCUT2D eigenvalue weighted by Crippen LogP contribution is 2.30. The summed E-state index contributed by atoms with van der Waals surface area (Å²) in [4.78, 5) is 8.72. The fourth-order valence-electron chi connectivity index (χ4n) is 2.48. The Morgan fingerprint density at radius 1 is 1.38 bits per heavy atom. The van der Waals surface area contributed by atoms with Gasteiger partial charge in [-0.1, -0.05) is 19.4 Å². The monoisotopic (exact) mass is 213 g/mol. The normalized spacial score (nSPS) is 18.4. The third-order valence-electron chi connectivity index (χ3n) is 3.18. The van der Waals surface area contributed by atoms with E-state index in [0.29, 0.717) is 6.04 Å². The van der Waals surface area contributed by atoms with Gasteiger partial charge in [-0.2, -0.15) is 0 Å². The second-order valence-corrected chi connectivity index (χ2v) is 4.35. The van der Waals surface area contributed by atoms with Gasteiger partial charge in [0.25, 0.3) is 0 Å². The van der Waals surface area contributed by atoms with E-state index in [1.54, 1.807) is 6.33 Å². The SMILES string of the molecule is CCCC1Cc2ncnc3cccc(c23)N1. The van der Waals surface area contributed by atoms with Crippen LogP contribution in [0.5, 0.6) is 0 Å². The van der Waals surface area contributed by atoms with E-state index in [9.17, 15) is 0 Å². The smallest absolute Gasteiger partial charge is 0.116 e. The Kier molecular flexibility index (Phi) is 2.24. The second kappa shape index (κ2) is 3.74. The van der Waals surface area contributed by atoms with Crippen molar-refractivity contribution in [2.75, 3.05) is 5.32 Å². The van der Waals surface area contributed by atoms with Gasteiger partial charge in [0.05, 0.1) is 11.2 Å². The Balaban J connectivity index is 2.12. The van der Waals surface area contributed by atoms with Crippen molar-refractivity contribution in [1.82, 2.24) is 9.97 Å². The molecular weight excluding hydrogens is 198 g/mol. The molecule has 1 aliphatic rings. The first-order chi connectivity index (χ1) is 7.88. The zero-order chi connectivity index (χ0) is 11.0. The number of nitrogens with one attached hydrogen (secondary N) is 1. The molecule has 0 radical (unpaired) electrons. The third kappa shape index (κ3) is 1.43. The molecule has 1 aromatic carbocycles. The van der Waals surface area contributed by atoms with Crippen molar-refractivity contribution in [3.05, 3.63) is 30.2 Å². The van der Waals surface area contributed by atoms with E-state index >= 15 is 0 Å². The first-order valence-corrected chi connectivity index (χ1v) is 5.87. The van der Waals surface area contributed by atoms with Gasteiger partial charge in [0.15, 0.2) is 0 Å². The molecule has 1 aromatic heterocycles. The minimum atomic E-state index is 0.526. The van der Waals surface area contributed by atoms with Crippen LogP contribution < -0.4 is 5.32 Å². The molecule has 3 nitrogen and oxygen atoms in total. The summed E-state index contributed by atoms with van der Waals surface area (Å²) in [5.41, 5.74) is 3.43. The van der Waals surface area contributed by atoms with Gasteiger partial charge in [0.2, 0.25) is 0 Å². The number of benzene rings is 1. The van der Waals surface area contributed by atoms with Crippen LogP contribution in [0.25, 0.3) is 10.9 Å². The summed E-state index contributed by atoms with van der Waals surface area (Å²) in [6, 6.07) is 6.75. The largest absolute Gasteiger partial charge is 0.381 e. The van der Waals surface area contributed by atoms with Crippen LogP contribution in [-0.2, 0) is 6.42 Å². The first kappa shape index (κ1) is 9.58. The van der Waals surface area contributed by atoms with Crippen molar-refractivity contribution in [2.45, 2.75) is 32.2 Å². The van der Waals surface area contributed by atoms with Crippen molar-refractivity contribution in [1.29, 1.82) is 0 Å². The summed E-state index contributed by atoms with van der Waals surface area (Å²) in [6.07, 6.45) is 5.09. The molecule has 1 unspecified atom stereocenters. The number of nitrogens with zero attached hydrogens (tertiary/aromatic N) is 2. The van der Waals surface area contributed by atoms with E-state index in [-0.39, 0.29) is 0 Å². The molecule has 2 aromatic rings. The number of rotatable bonds is 2. The molecule has 0 saturated carbocycles. The topological polar surface area (TPSA) is 37.8 Å². The predicted octanol–water partition coefficient (Wildman–Crippen LogP) is 2.77. The zero-order valence-corrected chi connectivity index (χ0v) is 9.40. The molecule has 0 amide bonds. The molecule has 1 N–H and O–H groups in total. The fraction of sp³-hybridized carbons (Fsp3) is 0.385. The number of hydrogen-bond acceptors (Lipinski definition) is 3. The average molecular weight is 213 g/mol. The van der Waals surface area contributed by atoms with Gasteiger partial charge in [-0.25, -0.2) is 9.97 Å². The van der Waals surface area contributed by atoms with Crippen LogP contribution in [0.4, 0.5) is 5.69 Å². The van der Waals surface area contributed by atoms with Crippen molar-refractivity contribution in [3.8, 4) is 0 Å². The average Bonchev–Trinajstić information content (AvgIpc) is 2.30. The maximum atomic E-state index is 4.42. The van der Waals surface area contributed by atoms with Gasteiger partial charge in [-0.15, -0.1) is 0 Å². The van der Waals surface area contributed by atoms with E-state index in [2.05, 4.69) is 34.3 Å². The van der Waals surface area contributed by atoms with Crippen molar-refractivity contribution >= 4 is 16.6 Å². The van der Waals surface area contributed by atoms with Crippen molar-refractivity contribution < 1.29 is 0 Å². The zero-order valence-electron chi connectivity index (χ0n) is 9.40. The van der Waals surface area contributed by atoms with E-state index in [0.717, 1.165) is 11.9 Å². The van der Waals surface area contributed by atoms with Crippen LogP contribution in [0, 0.1) is 0 Å². The van der Waals surface area contributed by atoms with Gasteiger partial charge in [0, 0.05) is 23.5 Å². The van der Waals surface area contributed by atoms with Gasteiger partial charge in [-0.05, 0) is 18.6 Å². The van der Waals surface area contributed by atoms with Gasteiger partial charge in [0.1, 0.15) is 6.33 Å². The highest BCUT2D eigenvalue weighted by atomic mass is 15.0. The van der Waals surface area contributed by atoms with Crippen LogP contribution in [0.3, 0.4) is 0 Å². The number of aromatic nitrogens is 2. The number of hydrogen-bond donors (Lipinski definition) is 1. The van der Waals surface area contributed by atoms with E-state index in [1.165, 1.54) is 29.6 Å². The quantitative estimate of drug-likeness (QED) is 0.833. The van der Waals surface area contributed by atoms with Crippen LogP contribution in [0.1, 0.15) is 25.5 Å². The van der Waals surface area contributed by atoms with E-state index in [1.807, 2.05) is 6.07 Å². The van der Waals surface area contributed by atoms with Gasteiger partial charge in [-0.3, -0.25) is 0 Å². The Bertz CT molecular complexity index is 481. The maximum Gasteiger partial charge on any atom is 0.116 e. The maximum absolute atomic E-state index is 4.42. The summed E-state index contributed by atoms with van der Waals surface area (Å²) < 4.78 is 0. The molecule has 0 aliphatic carbocycles. The lowest BCUT2D eigenvalue weighted by Crippen LogP contribution is -2.26. The standard InChI is InChI=1S/C13H15N3/c1-2-4-9-7-12-13-10(14-8-15-12)5-3-6-11(13)16-9/h3,5-6,8-9,16H,2,4,7H2,1H3. The summed E-state index contributed by atoms with van der Waals surface area (Å²) in [5, 5.41) is 4.79. The highest BCUT2D eigenvalue weighted by molar-refractivity contribution is 5.94. The highest BCUT2D eigenvalue weighted by Gasteiger charge is 2.20. The van der Waals surface area contributed by atoms with Gasteiger partial charge >= 0.3 is 0 Å².